The molecule has 0 aliphatic heterocycles. The molecular formula is C37H34N12O9S. The summed E-state index contributed by atoms with van der Waals surface area (Å²) in [5, 5.41) is 75.7. The molecule has 6 rings (SSSR count). The van der Waals surface area contributed by atoms with Crippen LogP contribution in [0, 0.1) is 0 Å². The lowest BCUT2D eigenvalue weighted by atomic mass is 10.1. The number of hydrogen-bond donors (Lipinski definition) is 7. The van der Waals surface area contributed by atoms with Crippen LogP contribution >= 0.6 is 12.0 Å². The summed E-state index contributed by atoms with van der Waals surface area (Å²) in [6.07, 6.45) is 0. The number of hydrogen-bond acceptors (Lipinski definition) is 21. The van der Waals surface area contributed by atoms with Crippen molar-refractivity contribution in [2.24, 2.45) is 30.7 Å². The number of anilines is 4. The minimum atomic E-state index is -1.29. The number of phenols is 2. The van der Waals surface area contributed by atoms with E-state index in [2.05, 4.69) is 61.3 Å². The maximum absolute atomic E-state index is 11.5. The van der Waals surface area contributed by atoms with Gasteiger partial charge in [0.05, 0.1) is 47.2 Å². The van der Waals surface area contributed by atoms with E-state index in [1.165, 1.54) is 18.2 Å². The highest BCUT2D eigenvalue weighted by Gasteiger charge is 2.19. The molecule has 302 valence electrons. The number of fused-ring (bicyclic) bond motifs is 1. The molecule has 0 aliphatic carbocycles. The fourth-order valence-electron chi connectivity index (χ4n) is 5.28. The molecule has 21 nitrogen and oxygen atoms in total. The van der Waals surface area contributed by atoms with Crippen LogP contribution < -0.4 is 25.8 Å². The van der Waals surface area contributed by atoms with E-state index in [9.17, 15) is 20.1 Å². The summed E-state index contributed by atoms with van der Waals surface area (Å²) >= 11 is 0.564. The Morgan fingerprint density at radius 2 is 1.37 bits per heavy atom. The highest BCUT2D eigenvalue weighted by Crippen LogP contribution is 2.47. The van der Waals surface area contributed by atoms with E-state index in [0.29, 0.717) is 51.3 Å². The number of aromatic hydroxyl groups is 2. The van der Waals surface area contributed by atoms with Gasteiger partial charge in [-0.2, -0.15) is 30.3 Å². The number of azo groups is 3. The molecule has 0 aliphatic rings. The molecule has 5 aromatic carbocycles. The van der Waals surface area contributed by atoms with Crippen LogP contribution in [0.3, 0.4) is 0 Å². The summed E-state index contributed by atoms with van der Waals surface area (Å²) < 4.78 is 16.5. The smallest absolute Gasteiger partial charge is 0.339 e. The van der Waals surface area contributed by atoms with Crippen molar-refractivity contribution >= 4 is 86.4 Å². The molecule has 0 fully saturated rings. The van der Waals surface area contributed by atoms with Gasteiger partial charge < -0.3 is 41.2 Å². The fraction of sp³-hybridized carbons (Fsp3) is 0.135. The Hall–Kier alpha value is -7.53. The summed E-state index contributed by atoms with van der Waals surface area (Å²) in [6, 6.07) is 20.3. The fourth-order valence-corrected chi connectivity index (χ4v) is 5.77. The van der Waals surface area contributed by atoms with E-state index in [1.54, 1.807) is 81.6 Å². The molecule has 1 heterocycles. The van der Waals surface area contributed by atoms with E-state index in [0.717, 1.165) is 0 Å². The molecule has 59 heavy (non-hydrogen) atoms. The summed E-state index contributed by atoms with van der Waals surface area (Å²) in [4.78, 5) is 23.9. The lowest BCUT2D eigenvalue weighted by Crippen LogP contribution is -2.07. The van der Waals surface area contributed by atoms with Gasteiger partial charge in [-0.25, -0.2) is 10.1 Å². The Balaban J connectivity index is 1.29. The van der Waals surface area contributed by atoms with Crippen LogP contribution in [0.1, 0.15) is 24.2 Å². The maximum atomic E-state index is 11.5. The summed E-state index contributed by atoms with van der Waals surface area (Å²) in [7, 11) is 1.64. The first-order chi connectivity index (χ1) is 28.6. The zero-order valence-corrected chi connectivity index (χ0v) is 32.1. The molecular weight excluding hydrogens is 789 g/mol. The van der Waals surface area contributed by atoms with Gasteiger partial charge in [-0.1, -0.05) is 17.2 Å². The molecule has 22 heteroatoms. The topological polar surface area (TPSA) is 298 Å². The Labute approximate surface area is 338 Å². The number of carboxylic acid groups (broad SMARTS) is 1. The van der Waals surface area contributed by atoms with Gasteiger partial charge in [-0.05, 0) is 68.4 Å². The number of nitrogens with two attached hydrogens (primary N) is 1. The summed E-state index contributed by atoms with van der Waals surface area (Å²) in [6.45, 7) is 4.12. The minimum absolute atomic E-state index is 0.0160. The molecule has 0 spiro atoms. The summed E-state index contributed by atoms with van der Waals surface area (Å²) in [5.74, 6) is -0.996. The van der Waals surface area contributed by atoms with E-state index >= 15 is 0 Å². The van der Waals surface area contributed by atoms with Crippen molar-refractivity contribution in [2.45, 2.75) is 18.7 Å². The van der Waals surface area contributed by atoms with Crippen LogP contribution in [-0.2, 0) is 9.37 Å². The van der Waals surface area contributed by atoms with Crippen molar-refractivity contribution in [2.75, 3.05) is 36.6 Å². The van der Waals surface area contributed by atoms with Gasteiger partial charge in [0.1, 0.15) is 39.9 Å². The van der Waals surface area contributed by atoms with Gasteiger partial charge in [0.25, 0.3) is 0 Å². The van der Waals surface area contributed by atoms with Crippen molar-refractivity contribution in [3.05, 3.63) is 84.4 Å². The third-order valence-electron chi connectivity index (χ3n) is 7.88. The number of aromatic carboxylic acids is 1. The Bertz CT molecular complexity index is 2580. The average Bonchev–Trinajstić information content (AvgIpc) is 3.23. The molecule has 8 N–H and O–H groups in total. The molecule has 0 saturated carbocycles. The van der Waals surface area contributed by atoms with Crippen molar-refractivity contribution in [3.63, 3.8) is 0 Å². The summed E-state index contributed by atoms with van der Waals surface area (Å²) in [5.41, 5.74) is 7.72. The number of nitrogen functional groups attached to an aromatic ring is 1. The molecule has 0 unspecified atom stereocenters. The van der Waals surface area contributed by atoms with Crippen molar-refractivity contribution in [1.29, 1.82) is 0 Å². The minimum Gasteiger partial charge on any atom is -0.507 e. The Morgan fingerprint density at radius 1 is 0.763 bits per heavy atom. The van der Waals surface area contributed by atoms with Gasteiger partial charge in [0.15, 0.2) is 5.75 Å². The number of rotatable bonds is 17. The van der Waals surface area contributed by atoms with Gasteiger partial charge in [-0.3, -0.25) is 0 Å². The van der Waals surface area contributed by atoms with E-state index < -0.39 is 5.97 Å². The number of phenolic OH excluding ortho intramolecular Hbond substituents is 1. The molecule has 1 aromatic heterocycles. The molecule has 0 radical (unpaired) electrons. The maximum Gasteiger partial charge on any atom is 0.339 e. The second-order valence-electron chi connectivity index (χ2n) is 11.7. The van der Waals surface area contributed by atoms with Crippen LogP contribution in [0.15, 0.2) is 114 Å². The lowest BCUT2D eigenvalue weighted by Gasteiger charge is -2.14. The predicted octanol–water partition coefficient (Wildman–Crippen LogP) is 9.97. The lowest BCUT2D eigenvalue weighted by molar-refractivity contribution is -0.432. The average molecular weight is 823 g/mol. The Morgan fingerprint density at radius 3 is 2.00 bits per heavy atom. The monoisotopic (exact) mass is 822 g/mol. The number of aromatic nitrogens is 3. The zero-order valence-electron chi connectivity index (χ0n) is 31.3. The first kappa shape index (κ1) is 41.1. The second kappa shape index (κ2) is 19.1. The number of nitrogens with zero attached hydrogens (tertiary/aromatic N) is 9. The number of carbonyl (C=O) groups is 1. The first-order valence-corrected chi connectivity index (χ1v) is 18.1. The van der Waals surface area contributed by atoms with Crippen LogP contribution in [0.25, 0.3) is 10.8 Å². The van der Waals surface area contributed by atoms with E-state index in [1.807, 2.05) is 0 Å². The third-order valence-corrected chi connectivity index (χ3v) is 8.50. The van der Waals surface area contributed by atoms with Crippen LogP contribution in [-0.4, -0.2) is 61.8 Å². The van der Waals surface area contributed by atoms with E-state index in [4.69, 9.17) is 24.8 Å². The largest absolute Gasteiger partial charge is 0.507 e. The molecule has 0 atom stereocenters. The van der Waals surface area contributed by atoms with Crippen LogP contribution in [0.2, 0.25) is 0 Å². The molecule has 0 bridgehead atoms. The normalized spacial score (nSPS) is 11.5. The molecule has 0 saturated heterocycles. The highest BCUT2D eigenvalue weighted by atomic mass is 32.2. The molecule has 0 amide bonds. The van der Waals surface area contributed by atoms with Gasteiger partial charge in [0.2, 0.25) is 17.8 Å². The highest BCUT2D eigenvalue weighted by molar-refractivity contribution is 7.94. The van der Waals surface area contributed by atoms with E-state index in [-0.39, 0.29) is 75.8 Å². The van der Waals surface area contributed by atoms with Gasteiger partial charge >= 0.3 is 5.97 Å². The second-order valence-corrected chi connectivity index (χ2v) is 12.4. The number of ether oxygens (including phenoxy) is 2. The Kier molecular flexibility index (Phi) is 13.3. The van der Waals surface area contributed by atoms with Crippen molar-refractivity contribution in [1.82, 2.24) is 15.0 Å². The van der Waals surface area contributed by atoms with Crippen LogP contribution in [0.5, 0.6) is 23.0 Å². The van der Waals surface area contributed by atoms with Gasteiger partial charge in [-0.15, -0.1) is 19.7 Å². The number of benzene rings is 5. The van der Waals surface area contributed by atoms with Crippen molar-refractivity contribution < 1.29 is 44.2 Å². The standard InChI is InChI=1S/C37H34N12O9S/c1-4-55-29-18-27(30(56-5-2)17-26(29)47-45-20-11-9-19(10-12-20)44-46-21-13-14-28(50)24(15-21)34(52)53)48-49-32-31(59-58-57-54)16-23-22(33(32)51)7-6-8-25(23)40-37-42-35(38)41-36(39-3)43-37/h6-18,50-51,54H,4-5H2,1-3H3,(H,52,53)(H4,38,39,40,41,42,43). The molecule has 6 aromatic rings. The van der Waals surface area contributed by atoms with Gasteiger partial charge in [0, 0.05) is 35.6 Å². The SMILES string of the molecule is CCOc1cc(N=Nc2c(SOOO)cc3c(Nc4nc(N)nc(NC)n4)cccc3c2O)c(OCC)cc1N=Nc1ccc(N=Nc2ccc(O)c(C(=O)O)c2)cc1. The predicted molar refractivity (Wildman–Crippen MR) is 216 cm³/mol. The van der Waals surface area contributed by atoms with Crippen LogP contribution in [0.4, 0.5) is 57.7 Å². The quantitative estimate of drug-likeness (QED) is 0.0195. The number of carboxylic acids is 1. The zero-order chi connectivity index (χ0) is 41.9. The third kappa shape index (κ3) is 10.1. The number of nitrogens with one attached hydrogen (secondary N) is 2. The van der Waals surface area contributed by atoms with Crippen molar-refractivity contribution in [3.8, 4) is 23.0 Å². The first-order valence-electron chi connectivity index (χ1n) is 17.4.